The molecule has 1 fully saturated rings. The Kier molecular flexibility index (Phi) is 5.01. The lowest BCUT2D eigenvalue weighted by Gasteiger charge is -2.14. The zero-order valence-electron chi connectivity index (χ0n) is 11.2. The lowest BCUT2D eigenvalue weighted by Crippen LogP contribution is -2.33. The van der Waals surface area contributed by atoms with E-state index in [1.807, 2.05) is 0 Å². The van der Waals surface area contributed by atoms with Crippen LogP contribution in [0.15, 0.2) is 22.7 Å². The Morgan fingerprint density at radius 1 is 1.50 bits per heavy atom. The lowest BCUT2D eigenvalue weighted by atomic mass is 10.1. The maximum Gasteiger partial charge on any atom is 0.252 e. The molecule has 0 saturated heterocycles. The van der Waals surface area contributed by atoms with Crippen LogP contribution in [0.4, 0.5) is 0 Å². The molecule has 1 aliphatic carbocycles. The first-order chi connectivity index (χ1) is 9.55. The third kappa shape index (κ3) is 3.31. The predicted molar refractivity (Wildman–Crippen MR) is 77.8 cm³/mol. The zero-order chi connectivity index (χ0) is 14.7. The van der Waals surface area contributed by atoms with Gasteiger partial charge in [-0.25, -0.2) is 0 Å². The largest absolute Gasteiger partial charge is 0.497 e. The van der Waals surface area contributed by atoms with E-state index in [2.05, 4.69) is 21.2 Å². The molecule has 0 bridgehead atoms. The summed E-state index contributed by atoms with van der Waals surface area (Å²) >= 11 is 3.34. The summed E-state index contributed by atoms with van der Waals surface area (Å²) in [5, 5.41) is 21.7. The standard InChI is InChI=1S/C14H18BrNO4/c1-20-10-2-3-12(15)11(6-10)14(19)16-9-4-8(7-17)13(18)5-9/h2-3,6,8-9,13,17-18H,4-5,7H2,1H3,(H,16,19)/t8-,9+,13+/m1/s1. The fourth-order valence-electron chi connectivity index (χ4n) is 2.49. The SMILES string of the molecule is COc1ccc(Br)c(C(=O)N[C@H]2C[C@H](CO)[C@@H](O)C2)c1. The molecule has 1 saturated carbocycles. The van der Waals surface area contributed by atoms with Gasteiger partial charge >= 0.3 is 0 Å². The van der Waals surface area contributed by atoms with Gasteiger partial charge in [0, 0.05) is 23.0 Å². The topological polar surface area (TPSA) is 78.8 Å². The molecule has 1 amide bonds. The number of amides is 1. The van der Waals surface area contributed by atoms with Crippen LogP contribution in [0.1, 0.15) is 23.2 Å². The maximum absolute atomic E-state index is 12.3. The minimum Gasteiger partial charge on any atom is -0.497 e. The summed E-state index contributed by atoms with van der Waals surface area (Å²) in [6.45, 7) is -0.0591. The summed E-state index contributed by atoms with van der Waals surface area (Å²) in [5.74, 6) is 0.235. The number of benzene rings is 1. The van der Waals surface area contributed by atoms with Gasteiger partial charge in [-0.15, -0.1) is 0 Å². The first-order valence-electron chi connectivity index (χ1n) is 6.48. The van der Waals surface area contributed by atoms with Crippen molar-refractivity contribution in [3.63, 3.8) is 0 Å². The van der Waals surface area contributed by atoms with Gasteiger partial charge in [0.2, 0.25) is 0 Å². The number of aliphatic hydroxyl groups excluding tert-OH is 2. The number of ether oxygens (including phenoxy) is 1. The van der Waals surface area contributed by atoms with Crippen LogP contribution in [0.3, 0.4) is 0 Å². The first-order valence-corrected chi connectivity index (χ1v) is 7.27. The highest BCUT2D eigenvalue weighted by Gasteiger charge is 2.33. The molecule has 2 rings (SSSR count). The molecule has 0 spiro atoms. The second kappa shape index (κ2) is 6.56. The van der Waals surface area contributed by atoms with Crippen molar-refractivity contribution in [3.8, 4) is 5.75 Å². The van der Waals surface area contributed by atoms with Gasteiger partial charge in [-0.05, 0) is 47.0 Å². The van der Waals surface area contributed by atoms with Gasteiger partial charge in [-0.2, -0.15) is 0 Å². The van der Waals surface area contributed by atoms with E-state index in [1.54, 1.807) is 25.3 Å². The van der Waals surface area contributed by atoms with Crippen LogP contribution in [0.2, 0.25) is 0 Å². The molecule has 110 valence electrons. The van der Waals surface area contributed by atoms with Gasteiger partial charge in [0.25, 0.3) is 5.91 Å². The van der Waals surface area contributed by atoms with E-state index < -0.39 is 6.10 Å². The van der Waals surface area contributed by atoms with Crippen molar-refractivity contribution in [2.24, 2.45) is 5.92 Å². The molecule has 3 atom stereocenters. The highest BCUT2D eigenvalue weighted by Crippen LogP contribution is 2.27. The second-order valence-corrected chi connectivity index (χ2v) is 5.85. The molecule has 0 radical (unpaired) electrons. The zero-order valence-corrected chi connectivity index (χ0v) is 12.8. The van der Waals surface area contributed by atoms with E-state index in [0.717, 1.165) is 0 Å². The fraction of sp³-hybridized carbons (Fsp3) is 0.500. The van der Waals surface area contributed by atoms with E-state index in [4.69, 9.17) is 9.84 Å². The Morgan fingerprint density at radius 2 is 2.25 bits per heavy atom. The van der Waals surface area contributed by atoms with Gasteiger partial charge in [-0.3, -0.25) is 4.79 Å². The normalized spacial score (nSPS) is 25.5. The van der Waals surface area contributed by atoms with Gasteiger partial charge < -0.3 is 20.3 Å². The lowest BCUT2D eigenvalue weighted by molar-refractivity contribution is 0.0903. The molecule has 1 aromatic rings. The van der Waals surface area contributed by atoms with Crippen LogP contribution >= 0.6 is 15.9 Å². The molecule has 0 aliphatic heterocycles. The van der Waals surface area contributed by atoms with E-state index in [0.29, 0.717) is 28.6 Å². The highest BCUT2D eigenvalue weighted by molar-refractivity contribution is 9.10. The quantitative estimate of drug-likeness (QED) is 0.770. The van der Waals surface area contributed by atoms with Crippen LogP contribution < -0.4 is 10.1 Å². The monoisotopic (exact) mass is 343 g/mol. The molecule has 1 aliphatic rings. The Hall–Kier alpha value is -1.11. The average Bonchev–Trinajstić information content (AvgIpc) is 2.79. The molecule has 0 aromatic heterocycles. The fourth-order valence-corrected chi connectivity index (χ4v) is 2.91. The maximum atomic E-state index is 12.3. The van der Waals surface area contributed by atoms with Crippen molar-refractivity contribution in [1.82, 2.24) is 5.32 Å². The van der Waals surface area contributed by atoms with Gasteiger partial charge in [0.1, 0.15) is 5.75 Å². The number of hydrogen-bond donors (Lipinski definition) is 3. The van der Waals surface area contributed by atoms with Crippen LogP contribution in [0, 0.1) is 5.92 Å². The Bertz CT molecular complexity index is 494. The van der Waals surface area contributed by atoms with Gasteiger partial charge in [0.15, 0.2) is 0 Å². The number of rotatable bonds is 4. The molecule has 0 unspecified atom stereocenters. The molecule has 3 N–H and O–H groups in total. The van der Waals surface area contributed by atoms with Crippen molar-refractivity contribution in [2.45, 2.75) is 25.0 Å². The number of methoxy groups -OCH3 is 1. The summed E-state index contributed by atoms with van der Waals surface area (Å²) in [6, 6.07) is 5.07. The van der Waals surface area contributed by atoms with E-state index in [-0.39, 0.29) is 24.5 Å². The molecule has 5 nitrogen and oxygen atoms in total. The van der Waals surface area contributed by atoms with E-state index >= 15 is 0 Å². The average molecular weight is 344 g/mol. The first kappa shape index (κ1) is 15.3. The van der Waals surface area contributed by atoms with Crippen LogP contribution in [0.5, 0.6) is 5.75 Å². The van der Waals surface area contributed by atoms with E-state index in [9.17, 15) is 9.90 Å². The minimum absolute atomic E-state index is 0.0591. The van der Waals surface area contributed by atoms with Crippen molar-refractivity contribution in [1.29, 1.82) is 0 Å². The number of nitrogens with one attached hydrogen (secondary N) is 1. The van der Waals surface area contributed by atoms with Crippen molar-refractivity contribution in [2.75, 3.05) is 13.7 Å². The summed E-state index contributed by atoms with van der Waals surface area (Å²) in [6.07, 6.45) is 0.503. The Balaban J connectivity index is 2.06. The number of aliphatic hydroxyl groups is 2. The predicted octanol–water partition coefficient (Wildman–Crippen LogP) is 1.32. The van der Waals surface area contributed by atoms with Gasteiger partial charge in [-0.1, -0.05) is 0 Å². The van der Waals surface area contributed by atoms with Crippen LogP contribution in [-0.4, -0.2) is 42.0 Å². The van der Waals surface area contributed by atoms with Crippen LogP contribution in [-0.2, 0) is 0 Å². The minimum atomic E-state index is -0.556. The van der Waals surface area contributed by atoms with Gasteiger partial charge in [0.05, 0.1) is 18.8 Å². The number of hydrogen-bond acceptors (Lipinski definition) is 4. The van der Waals surface area contributed by atoms with Crippen molar-refractivity contribution >= 4 is 21.8 Å². The number of carbonyl (C=O) groups excluding carboxylic acids is 1. The summed E-state index contributed by atoms with van der Waals surface area (Å²) < 4.78 is 5.80. The van der Waals surface area contributed by atoms with Crippen molar-refractivity contribution < 1.29 is 19.7 Å². The summed E-state index contributed by atoms with van der Waals surface area (Å²) in [7, 11) is 1.55. The molecule has 20 heavy (non-hydrogen) atoms. The van der Waals surface area contributed by atoms with E-state index in [1.165, 1.54) is 0 Å². The third-order valence-corrected chi connectivity index (χ3v) is 4.34. The third-order valence-electron chi connectivity index (χ3n) is 3.65. The molecule has 6 heteroatoms. The molecular formula is C14H18BrNO4. The molecule has 1 aromatic carbocycles. The molecular weight excluding hydrogens is 326 g/mol. The Morgan fingerprint density at radius 3 is 2.85 bits per heavy atom. The summed E-state index contributed by atoms with van der Waals surface area (Å²) in [5.41, 5.74) is 0.492. The molecule has 0 heterocycles. The number of carbonyl (C=O) groups is 1. The number of halogens is 1. The Labute approximate surface area is 126 Å². The van der Waals surface area contributed by atoms with Crippen molar-refractivity contribution in [3.05, 3.63) is 28.2 Å². The smallest absolute Gasteiger partial charge is 0.252 e. The highest BCUT2D eigenvalue weighted by atomic mass is 79.9. The second-order valence-electron chi connectivity index (χ2n) is 5.00. The van der Waals surface area contributed by atoms with Crippen LogP contribution in [0.25, 0.3) is 0 Å². The summed E-state index contributed by atoms with van der Waals surface area (Å²) in [4.78, 5) is 12.3.